The molecule has 3 atom stereocenters. The van der Waals surface area contributed by atoms with Crippen molar-refractivity contribution < 1.29 is 19.7 Å². The molecule has 1 aliphatic rings. The predicted octanol–water partition coefficient (Wildman–Crippen LogP) is 4.91. The second-order valence-electron chi connectivity index (χ2n) is 8.58. The van der Waals surface area contributed by atoms with Crippen molar-refractivity contribution >= 4 is 19.7 Å². The van der Waals surface area contributed by atoms with Crippen LogP contribution in [0.15, 0.2) is 42.5 Å². The number of nitrogens with one attached hydrogen (secondary N) is 1. The molecule has 3 N–H and O–H groups in total. The second kappa shape index (κ2) is 12.9. The molecule has 2 aromatic carbocycles. The highest BCUT2D eigenvalue weighted by atomic mass is 35.5. The van der Waals surface area contributed by atoms with E-state index in [1.807, 2.05) is 24.3 Å². The lowest BCUT2D eigenvalue weighted by Crippen LogP contribution is -2.33. The van der Waals surface area contributed by atoms with Crippen molar-refractivity contribution in [1.82, 2.24) is 5.09 Å². The first-order valence-corrected chi connectivity index (χ1v) is 13.9. The number of halogens is 1. The first-order chi connectivity index (χ1) is 15.4. The van der Waals surface area contributed by atoms with E-state index in [9.17, 15) is 10.2 Å². The van der Waals surface area contributed by atoms with E-state index in [4.69, 9.17) is 21.1 Å². The molecule has 1 saturated heterocycles. The normalized spacial score (nSPS) is 21.1. The lowest BCUT2D eigenvalue weighted by Gasteiger charge is -2.32. The number of hydrogen-bond donors (Lipinski definition) is 3. The molecule has 1 fully saturated rings. The van der Waals surface area contributed by atoms with Crippen LogP contribution in [0.25, 0.3) is 0 Å². The maximum Gasteiger partial charge on any atom is 0.119 e. The molecule has 1 heterocycles. The molecule has 1 aliphatic heterocycles. The average molecular weight is 480 g/mol. The molecule has 0 saturated carbocycles. The number of rotatable bonds is 11. The summed E-state index contributed by atoms with van der Waals surface area (Å²) in [5.74, 6) is 0.884. The Bertz CT molecular complexity index is 833. The first kappa shape index (κ1) is 25.4. The fourth-order valence-corrected chi connectivity index (χ4v) is 4.69. The van der Waals surface area contributed by atoms with Gasteiger partial charge >= 0.3 is 0 Å². The summed E-state index contributed by atoms with van der Waals surface area (Å²) in [6.45, 7) is 6.13. The summed E-state index contributed by atoms with van der Waals surface area (Å²) in [4.78, 5) is 0. The molecule has 0 bridgehead atoms. The minimum absolute atomic E-state index is 0.0321. The zero-order chi connectivity index (χ0) is 22.9. The zero-order valence-corrected chi connectivity index (χ0v) is 20.6. The van der Waals surface area contributed by atoms with Gasteiger partial charge in [-0.05, 0) is 82.1 Å². The number of unbranched alkanes of at least 4 members (excludes halogenated alkanes) is 1. The third-order valence-corrected chi connectivity index (χ3v) is 6.83. The summed E-state index contributed by atoms with van der Waals surface area (Å²) < 4.78 is 11.8. The number of hydrogen-bond acceptors (Lipinski definition) is 5. The van der Waals surface area contributed by atoms with Gasteiger partial charge in [-0.1, -0.05) is 35.9 Å². The number of benzene rings is 2. The Morgan fingerprint density at radius 1 is 1.12 bits per heavy atom. The van der Waals surface area contributed by atoms with E-state index in [0.717, 1.165) is 48.4 Å². The minimum Gasteiger partial charge on any atom is -0.494 e. The smallest absolute Gasteiger partial charge is 0.119 e. The van der Waals surface area contributed by atoms with E-state index in [1.165, 1.54) is 0 Å². The molecule has 3 rings (SSSR count). The van der Waals surface area contributed by atoms with Gasteiger partial charge in [0.1, 0.15) is 5.75 Å². The molecule has 5 nitrogen and oxygen atoms in total. The Hall–Kier alpha value is -1.20. The van der Waals surface area contributed by atoms with E-state index in [1.54, 1.807) is 0 Å². The van der Waals surface area contributed by atoms with Crippen LogP contribution < -0.4 is 9.82 Å². The molecule has 7 heteroatoms. The van der Waals surface area contributed by atoms with E-state index >= 15 is 0 Å². The van der Waals surface area contributed by atoms with E-state index in [2.05, 4.69) is 36.6 Å². The number of aliphatic hydroxyl groups is 2. The van der Waals surface area contributed by atoms with Crippen LogP contribution in [0.4, 0.5) is 0 Å². The summed E-state index contributed by atoms with van der Waals surface area (Å²) in [7, 11) is -0.0321. The van der Waals surface area contributed by atoms with Crippen LogP contribution in [-0.4, -0.2) is 55.5 Å². The fourth-order valence-electron chi connectivity index (χ4n) is 3.90. The van der Waals surface area contributed by atoms with Crippen molar-refractivity contribution in [3.63, 3.8) is 0 Å². The summed E-state index contributed by atoms with van der Waals surface area (Å²) in [6, 6.07) is 14.0. The van der Waals surface area contributed by atoms with Crippen LogP contribution in [-0.2, 0) is 11.2 Å². The van der Waals surface area contributed by atoms with Crippen molar-refractivity contribution in [2.45, 2.75) is 50.4 Å². The van der Waals surface area contributed by atoms with E-state index in [-0.39, 0.29) is 26.9 Å². The van der Waals surface area contributed by atoms with Crippen LogP contribution >= 0.6 is 19.7 Å². The van der Waals surface area contributed by atoms with Gasteiger partial charge in [-0.25, -0.2) is 0 Å². The molecule has 0 amide bonds. The van der Waals surface area contributed by atoms with Gasteiger partial charge in [0, 0.05) is 17.9 Å². The molecule has 0 aliphatic carbocycles. The van der Waals surface area contributed by atoms with Gasteiger partial charge in [0.25, 0.3) is 0 Å². The molecule has 3 unspecified atom stereocenters. The van der Waals surface area contributed by atoms with Crippen molar-refractivity contribution in [3.05, 3.63) is 64.2 Å². The SMILES string of the molecule is CP(C)NCCCCOc1ccc(Cc2cc(C3CC(O)CC(CO)O3)ccc2Cl)cc1. The topological polar surface area (TPSA) is 71.0 Å². The lowest BCUT2D eigenvalue weighted by atomic mass is 9.94. The standard InChI is InChI=1S/C25H35ClNO4P/c1-32(2)27-11-3-4-12-30-22-8-5-18(6-9-22)13-20-14-19(7-10-24(20)26)25-16-21(29)15-23(17-28)31-25/h5-10,14,21,23,25,27-29H,3-4,11-13,15-17H2,1-2H3. The van der Waals surface area contributed by atoms with Gasteiger partial charge in [-0.3, -0.25) is 5.09 Å². The summed E-state index contributed by atoms with van der Waals surface area (Å²) in [5, 5.41) is 23.7. The maximum absolute atomic E-state index is 10.1. The van der Waals surface area contributed by atoms with Crippen LogP contribution in [0.1, 0.15) is 48.5 Å². The van der Waals surface area contributed by atoms with Crippen molar-refractivity contribution in [1.29, 1.82) is 0 Å². The summed E-state index contributed by atoms with van der Waals surface area (Å²) in [5.41, 5.74) is 3.15. The van der Waals surface area contributed by atoms with E-state index in [0.29, 0.717) is 24.3 Å². The fraction of sp³-hybridized carbons (Fsp3) is 0.520. The lowest BCUT2D eigenvalue weighted by molar-refractivity contribution is -0.113. The van der Waals surface area contributed by atoms with Crippen LogP contribution in [0.3, 0.4) is 0 Å². The van der Waals surface area contributed by atoms with Gasteiger partial charge in [-0.2, -0.15) is 0 Å². The largest absolute Gasteiger partial charge is 0.494 e. The quantitative estimate of drug-likeness (QED) is 0.315. The maximum atomic E-state index is 10.1. The monoisotopic (exact) mass is 479 g/mol. The van der Waals surface area contributed by atoms with Crippen LogP contribution in [0.5, 0.6) is 5.75 Å². The predicted molar refractivity (Wildman–Crippen MR) is 132 cm³/mol. The highest BCUT2D eigenvalue weighted by Crippen LogP contribution is 2.33. The number of ether oxygens (including phenoxy) is 2. The van der Waals surface area contributed by atoms with Gasteiger partial charge < -0.3 is 19.7 Å². The van der Waals surface area contributed by atoms with Gasteiger partial charge in [0.2, 0.25) is 0 Å². The number of aliphatic hydroxyl groups excluding tert-OH is 2. The van der Waals surface area contributed by atoms with Crippen molar-refractivity contribution in [3.8, 4) is 5.75 Å². The Kier molecular flexibility index (Phi) is 10.2. The summed E-state index contributed by atoms with van der Waals surface area (Å²) >= 11 is 6.47. The molecule has 0 radical (unpaired) electrons. The average Bonchev–Trinajstić information content (AvgIpc) is 2.78. The molecule has 0 spiro atoms. The van der Waals surface area contributed by atoms with Crippen molar-refractivity contribution in [2.24, 2.45) is 0 Å². The van der Waals surface area contributed by atoms with E-state index < -0.39 is 6.10 Å². The summed E-state index contributed by atoms with van der Waals surface area (Å²) in [6.07, 6.45) is 2.82. The molecule has 176 valence electrons. The Labute approximate surface area is 197 Å². The minimum atomic E-state index is -0.468. The van der Waals surface area contributed by atoms with Gasteiger partial charge in [0.15, 0.2) is 0 Å². The first-order valence-electron chi connectivity index (χ1n) is 11.3. The Balaban J connectivity index is 1.54. The third kappa shape index (κ3) is 7.98. The van der Waals surface area contributed by atoms with Crippen LogP contribution in [0.2, 0.25) is 5.02 Å². The molecule has 2 aromatic rings. The van der Waals surface area contributed by atoms with Crippen LogP contribution in [0, 0.1) is 0 Å². The highest BCUT2D eigenvalue weighted by Gasteiger charge is 2.29. The second-order valence-corrected chi connectivity index (χ2v) is 11.1. The third-order valence-electron chi connectivity index (χ3n) is 5.61. The highest BCUT2D eigenvalue weighted by molar-refractivity contribution is 7.53. The van der Waals surface area contributed by atoms with Gasteiger partial charge in [-0.15, -0.1) is 0 Å². The Morgan fingerprint density at radius 3 is 2.62 bits per heavy atom. The zero-order valence-electron chi connectivity index (χ0n) is 19.0. The Morgan fingerprint density at radius 2 is 1.91 bits per heavy atom. The molecule has 32 heavy (non-hydrogen) atoms. The molecular weight excluding hydrogens is 445 g/mol. The van der Waals surface area contributed by atoms with Gasteiger partial charge in [0.05, 0.1) is 31.5 Å². The molecule has 0 aromatic heterocycles. The molecular formula is C25H35ClNO4P. The van der Waals surface area contributed by atoms with Crippen molar-refractivity contribution in [2.75, 3.05) is 33.1 Å².